The van der Waals surface area contributed by atoms with Crippen molar-refractivity contribution in [2.45, 2.75) is 193 Å². The van der Waals surface area contributed by atoms with Crippen molar-refractivity contribution in [1.29, 1.82) is 0 Å². The van der Waals surface area contributed by atoms with E-state index in [0.29, 0.717) is 57.1 Å². The second-order valence-electron chi connectivity index (χ2n) is 20.2. The van der Waals surface area contributed by atoms with Crippen LogP contribution in [-0.4, -0.2) is 128 Å². The van der Waals surface area contributed by atoms with Gasteiger partial charge in [0, 0.05) is 59.2 Å². The van der Waals surface area contributed by atoms with E-state index >= 15 is 0 Å². The Morgan fingerprint density at radius 3 is 2.24 bits per heavy atom. The van der Waals surface area contributed by atoms with Gasteiger partial charge in [0.2, 0.25) is 5.79 Å². The molecule has 0 aromatic rings. The molecule has 0 radical (unpaired) electrons. The maximum Gasteiger partial charge on any atom is 0.329 e. The zero-order valence-corrected chi connectivity index (χ0v) is 42.1. The number of amides is 1. The SMILES string of the molecule is CCO[C@@H]1CC[C@@H](C[C@@H](C)[C@@H]2CC(=O)[C@H](C)/C=C(\C)[C@@H](O)[C@@H](OC)C[C@H](C)C[C@H](C)/C=C/C=C/C=C(\C)[C@@H](OC)C[C@@H]3CC[C@@H](C)[C@@](O)(O3)C(=O)C(=O)N3CCCC[C@H]3C(=O)O2)C[C@H]1OC. The van der Waals surface area contributed by atoms with Crippen LogP contribution >= 0.6 is 0 Å². The topological polar surface area (TPSA) is 167 Å². The Balaban J connectivity index is 1.68. The summed E-state index contributed by atoms with van der Waals surface area (Å²) >= 11 is 0. The number of piperidine rings is 1. The summed E-state index contributed by atoms with van der Waals surface area (Å²) in [6.07, 6.45) is 16.0. The molecule has 4 rings (SSSR count). The average Bonchev–Trinajstić information content (AvgIpc) is 3.29. The lowest BCUT2D eigenvalue weighted by molar-refractivity contribution is -0.265. The molecule has 3 heterocycles. The molecular weight excluding hydrogens is 843 g/mol. The van der Waals surface area contributed by atoms with Gasteiger partial charge in [-0.05, 0) is 126 Å². The Labute approximate surface area is 396 Å². The van der Waals surface area contributed by atoms with Crippen molar-refractivity contribution >= 4 is 23.4 Å². The maximum atomic E-state index is 14.5. The van der Waals surface area contributed by atoms with E-state index in [1.807, 2.05) is 52.0 Å². The lowest BCUT2D eigenvalue weighted by Gasteiger charge is -2.42. The normalized spacial score (nSPS) is 40.0. The van der Waals surface area contributed by atoms with Gasteiger partial charge in [-0.2, -0.15) is 0 Å². The number of nitrogens with zero attached hydrogens (tertiary/aromatic N) is 1. The third-order valence-electron chi connectivity index (χ3n) is 14.9. The van der Waals surface area contributed by atoms with Gasteiger partial charge in [-0.15, -0.1) is 0 Å². The second-order valence-corrected chi connectivity index (χ2v) is 20.2. The predicted octanol–water partition coefficient (Wildman–Crippen LogP) is 8.05. The average molecular weight is 928 g/mol. The third kappa shape index (κ3) is 15.2. The first-order valence-corrected chi connectivity index (χ1v) is 24.9. The molecule has 374 valence electrons. The number of hydrogen-bond donors (Lipinski definition) is 2. The molecule has 13 nitrogen and oxygen atoms in total. The number of ether oxygens (including phenoxy) is 6. The molecule has 0 spiro atoms. The van der Waals surface area contributed by atoms with Crippen LogP contribution < -0.4 is 0 Å². The molecule has 13 heteroatoms. The monoisotopic (exact) mass is 928 g/mol. The van der Waals surface area contributed by atoms with E-state index < -0.39 is 65.7 Å². The summed E-state index contributed by atoms with van der Waals surface area (Å²) in [6, 6.07) is -1.09. The molecular formula is C53H85NO12. The van der Waals surface area contributed by atoms with Gasteiger partial charge in [-0.1, -0.05) is 71.1 Å². The van der Waals surface area contributed by atoms with Crippen LogP contribution in [0.25, 0.3) is 0 Å². The number of methoxy groups -OCH3 is 3. The summed E-state index contributed by atoms with van der Waals surface area (Å²) < 4.78 is 36.1. The molecule has 2 bridgehead atoms. The van der Waals surface area contributed by atoms with Crippen LogP contribution in [0.15, 0.2) is 47.6 Å². The van der Waals surface area contributed by atoms with Gasteiger partial charge in [0.25, 0.3) is 11.7 Å². The van der Waals surface area contributed by atoms with E-state index in [4.69, 9.17) is 28.4 Å². The Hall–Kier alpha value is -3.04. The van der Waals surface area contributed by atoms with Crippen LogP contribution in [0.3, 0.4) is 0 Å². The Kier molecular flexibility index (Phi) is 22.4. The molecule has 1 aliphatic carbocycles. The minimum atomic E-state index is -2.40. The smallest absolute Gasteiger partial charge is 0.329 e. The fourth-order valence-electron chi connectivity index (χ4n) is 10.7. The Bertz CT molecular complexity index is 1710. The molecule has 0 unspecified atom stereocenters. The number of aliphatic hydroxyl groups excluding tert-OH is 1. The summed E-state index contributed by atoms with van der Waals surface area (Å²) in [6.45, 7) is 16.3. The van der Waals surface area contributed by atoms with Crippen molar-refractivity contribution in [3.8, 4) is 0 Å². The fourth-order valence-corrected chi connectivity index (χ4v) is 10.7. The number of allylic oxidation sites excluding steroid dienone is 6. The highest BCUT2D eigenvalue weighted by atomic mass is 16.6. The van der Waals surface area contributed by atoms with Crippen molar-refractivity contribution in [3.63, 3.8) is 0 Å². The van der Waals surface area contributed by atoms with Crippen molar-refractivity contribution in [1.82, 2.24) is 4.90 Å². The number of cyclic esters (lactones) is 1. The number of fused-ring (bicyclic) bond motifs is 3. The lowest BCUT2D eigenvalue weighted by Crippen LogP contribution is -2.61. The van der Waals surface area contributed by atoms with Crippen LogP contribution in [0.5, 0.6) is 0 Å². The highest BCUT2D eigenvalue weighted by Gasteiger charge is 2.53. The van der Waals surface area contributed by atoms with Gasteiger partial charge < -0.3 is 43.5 Å². The maximum absolute atomic E-state index is 14.5. The van der Waals surface area contributed by atoms with Gasteiger partial charge in [0.15, 0.2) is 0 Å². The van der Waals surface area contributed by atoms with Crippen LogP contribution in [0, 0.1) is 35.5 Å². The second kappa shape index (κ2) is 26.6. The van der Waals surface area contributed by atoms with Gasteiger partial charge in [-0.25, -0.2) is 4.79 Å². The number of esters is 1. The minimum Gasteiger partial charge on any atom is -0.460 e. The van der Waals surface area contributed by atoms with Gasteiger partial charge >= 0.3 is 5.97 Å². The molecule has 2 saturated heterocycles. The quantitative estimate of drug-likeness (QED) is 0.137. The highest BCUT2D eigenvalue weighted by Crippen LogP contribution is 2.38. The fraction of sp³-hybridized carbons (Fsp3) is 0.774. The van der Waals surface area contributed by atoms with E-state index in [1.54, 1.807) is 41.3 Å². The summed E-state index contributed by atoms with van der Waals surface area (Å²) in [5.74, 6) is -6.14. The van der Waals surface area contributed by atoms with Gasteiger partial charge in [-0.3, -0.25) is 14.4 Å². The van der Waals surface area contributed by atoms with Crippen LogP contribution in [0.1, 0.15) is 139 Å². The van der Waals surface area contributed by atoms with Crippen LogP contribution in [-0.2, 0) is 47.6 Å². The molecule has 1 saturated carbocycles. The number of hydrogen-bond acceptors (Lipinski definition) is 12. The molecule has 0 aromatic carbocycles. The molecule has 2 N–H and O–H groups in total. The molecule has 0 aromatic heterocycles. The standard InChI is InChI=1S/C53H85NO12/c1-12-64-44-24-22-40(30-47(44)62-10)29-37(6)46-32-43(55)36(5)28-38(7)49(56)48(63-11)27-34(3)26-33(2)18-14-13-15-19-35(4)45(61-9)31-41-23-21-39(8)53(60,66-41)50(57)51(58)54-25-17-16-20-42(54)52(59)65-46/h13-15,18-19,28,33-34,36-37,39-42,44-49,56,60H,12,16-17,20-27,29-32H2,1-11H3/b15-13+,18-14+,35-19+,38-28+/t33-,34-,36-,37-,39-,40+,41+,42+,44-,45+,46+,47-,48+,49-,53-/m1/s1. The zero-order valence-electron chi connectivity index (χ0n) is 42.1. The van der Waals surface area contributed by atoms with E-state index in [2.05, 4.69) is 19.9 Å². The first kappa shape index (κ1) is 55.6. The summed E-state index contributed by atoms with van der Waals surface area (Å²) in [4.78, 5) is 58.4. The number of carbonyl (C=O) groups is 4. The van der Waals surface area contributed by atoms with E-state index in [9.17, 15) is 29.4 Å². The largest absolute Gasteiger partial charge is 0.460 e. The Morgan fingerprint density at radius 2 is 1.56 bits per heavy atom. The minimum absolute atomic E-state index is 0.00355. The van der Waals surface area contributed by atoms with Crippen LogP contribution in [0.4, 0.5) is 0 Å². The lowest BCUT2D eigenvalue weighted by atomic mass is 9.78. The summed E-state index contributed by atoms with van der Waals surface area (Å²) in [5, 5.41) is 23.5. The number of aliphatic hydroxyl groups is 2. The summed E-state index contributed by atoms with van der Waals surface area (Å²) in [5.41, 5.74) is 1.56. The van der Waals surface area contributed by atoms with Crippen LogP contribution in [0.2, 0.25) is 0 Å². The number of Topliss-reactive ketones (excluding diaryl/α,β-unsaturated/α-hetero) is 2. The van der Waals surface area contributed by atoms with E-state index in [0.717, 1.165) is 31.3 Å². The molecule has 3 fully saturated rings. The van der Waals surface area contributed by atoms with Gasteiger partial charge in [0.1, 0.15) is 24.0 Å². The van der Waals surface area contributed by atoms with Crippen molar-refractivity contribution in [3.05, 3.63) is 47.6 Å². The van der Waals surface area contributed by atoms with E-state index in [-0.39, 0.29) is 67.2 Å². The van der Waals surface area contributed by atoms with Crippen molar-refractivity contribution in [2.24, 2.45) is 35.5 Å². The highest BCUT2D eigenvalue weighted by molar-refractivity contribution is 6.39. The van der Waals surface area contributed by atoms with Gasteiger partial charge in [0.05, 0.1) is 30.5 Å². The molecule has 66 heavy (non-hydrogen) atoms. The summed E-state index contributed by atoms with van der Waals surface area (Å²) in [7, 11) is 4.91. The number of ketones is 2. The molecule has 1 amide bonds. The molecule has 4 aliphatic rings. The number of rotatable bonds is 8. The first-order chi connectivity index (χ1) is 31.4. The molecule has 3 aliphatic heterocycles. The van der Waals surface area contributed by atoms with Crippen molar-refractivity contribution in [2.75, 3.05) is 34.5 Å². The number of carbonyl (C=O) groups excluding carboxylic acids is 4. The first-order valence-electron chi connectivity index (χ1n) is 24.9. The molecule has 15 atom stereocenters. The van der Waals surface area contributed by atoms with Crippen molar-refractivity contribution < 1.29 is 57.8 Å². The predicted molar refractivity (Wildman–Crippen MR) is 254 cm³/mol. The Morgan fingerprint density at radius 1 is 0.833 bits per heavy atom. The zero-order chi connectivity index (χ0) is 48.7. The third-order valence-corrected chi connectivity index (χ3v) is 14.9. The van der Waals surface area contributed by atoms with E-state index in [1.165, 1.54) is 4.90 Å².